The fourth-order valence-electron chi connectivity index (χ4n) is 3.56. The van der Waals surface area contributed by atoms with E-state index in [1.54, 1.807) is 30.7 Å². The summed E-state index contributed by atoms with van der Waals surface area (Å²) < 4.78 is 68.6. The number of amides is 1. The molecule has 0 aliphatic heterocycles. The molecule has 1 amide bonds. The van der Waals surface area contributed by atoms with E-state index >= 15 is 0 Å². The molecule has 0 bridgehead atoms. The maximum absolute atomic E-state index is 12.9. The minimum absolute atomic E-state index is 0.0602. The summed E-state index contributed by atoms with van der Waals surface area (Å²) in [6.45, 7) is 0. The van der Waals surface area contributed by atoms with Gasteiger partial charge in [0.25, 0.3) is 0 Å². The van der Waals surface area contributed by atoms with Crippen molar-refractivity contribution < 1.29 is 31.1 Å². The van der Waals surface area contributed by atoms with E-state index in [4.69, 9.17) is 4.74 Å². The summed E-state index contributed by atoms with van der Waals surface area (Å²) in [5.74, 6) is 0.204. The number of sulfone groups is 1. The number of nitrogens with zero attached hydrogens (tertiary/aromatic N) is 1. The minimum Gasteiger partial charge on any atom is -0.497 e. The third kappa shape index (κ3) is 6.48. The lowest BCUT2D eigenvalue weighted by Crippen LogP contribution is -2.07. The number of anilines is 1. The van der Waals surface area contributed by atoms with Crippen molar-refractivity contribution in [3.63, 3.8) is 0 Å². The number of nitrogens with one attached hydrogen (secondary N) is 1. The number of carbonyl (C=O) groups is 1. The quantitative estimate of drug-likeness (QED) is 0.260. The largest absolute Gasteiger partial charge is 0.497 e. The van der Waals surface area contributed by atoms with Gasteiger partial charge in [0.15, 0.2) is 15.0 Å². The van der Waals surface area contributed by atoms with E-state index in [0.717, 1.165) is 24.0 Å². The van der Waals surface area contributed by atoms with Gasteiger partial charge in [-0.2, -0.15) is 13.2 Å². The van der Waals surface area contributed by atoms with Crippen LogP contribution in [0.1, 0.15) is 11.1 Å². The maximum atomic E-state index is 12.9. The van der Waals surface area contributed by atoms with Crippen LogP contribution in [-0.4, -0.2) is 32.7 Å². The Kier molecular flexibility index (Phi) is 7.70. The van der Waals surface area contributed by atoms with Crippen molar-refractivity contribution in [1.29, 1.82) is 0 Å². The molecule has 4 rings (SSSR count). The Morgan fingerprint density at radius 2 is 1.61 bits per heavy atom. The number of ether oxygens (including phenoxy) is 1. The Balaban J connectivity index is 1.51. The fraction of sp³-hybridized carbons (Fsp3) is 0.111. The third-order valence-corrected chi connectivity index (χ3v) is 7.40. The van der Waals surface area contributed by atoms with Gasteiger partial charge in [0.05, 0.1) is 23.3 Å². The van der Waals surface area contributed by atoms with Crippen LogP contribution in [0.4, 0.5) is 18.3 Å². The van der Waals surface area contributed by atoms with Crippen LogP contribution in [-0.2, 0) is 20.8 Å². The Labute approximate surface area is 221 Å². The molecule has 4 aromatic rings. The number of halogens is 3. The lowest BCUT2D eigenvalue weighted by molar-refractivity contribution is -0.137. The van der Waals surface area contributed by atoms with Crippen molar-refractivity contribution in [2.45, 2.75) is 11.1 Å². The highest BCUT2D eigenvalue weighted by atomic mass is 32.2. The highest BCUT2D eigenvalue weighted by molar-refractivity contribution is 7.90. The van der Waals surface area contributed by atoms with Gasteiger partial charge in [-0.05, 0) is 65.2 Å². The number of hydrogen-bond acceptors (Lipinski definition) is 6. The summed E-state index contributed by atoms with van der Waals surface area (Å²) in [6.07, 6.45) is -0.898. The molecule has 0 aliphatic carbocycles. The van der Waals surface area contributed by atoms with Crippen molar-refractivity contribution in [2.24, 2.45) is 0 Å². The van der Waals surface area contributed by atoms with Gasteiger partial charge < -0.3 is 4.74 Å². The van der Waals surface area contributed by atoms with E-state index in [9.17, 15) is 26.4 Å². The molecule has 0 aliphatic rings. The standard InChI is InChI=1S/C27H21F3N2O4S2/c1-36-22-12-7-18(8-13-22)23-16-37-26(31-23)32-25(33)14-9-19-3-4-20(15-24(19)38(2,34)35)17-5-10-21(11-6-17)27(28,29)30/h3-16H,1-2H3,(H,31,32,33). The Hall–Kier alpha value is -3.96. The molecular weight excluding hydrogens is 537 g/mol. The van der Waals surface area contributed by atoms with Crippen LogP contribution in [0, 0.1) is 0 Å². The van der Waals surface area contributed by atoms with Crippen LogP contribution in [0.25, 0.3) is 28.5 Å². The van der Waals surface area contributed by atoms with Gasteiger partial charge >= 0.3 is 6.18 Å². The van der Waals surface area contributed by atoms with Gasteiger partial charge in [0, 0.05) is 23.3 Å². The maximum Gasteiger partial charge on any atom is 0.416 e. The number of methoxy groups -OCH3 is 1. The van der Waals surface area contributed by atoms with Crippen LogP contribution in [0.3, 0.4) is 0 Å². The molecule has 0 saturated carbocycles. The van der Waals surface area contributed by atoms with Crippen molar-refractivity contribution in [3.05, 3.63) is 89.3 Å². The van der Waals surface area contributed by atoms with E-state index in [1.165, 1.54) is 47.8 Å². The Morgan fingerprint density at radius 1 is 0.974 bits per heavy atom. The number of aromatic nitrogens is 1. The van der Waals surface area contributed by atoms with E-state index in [2.05, 4.69) is 10.3 Å². The summed E-state index contributed by atoms with van der Waals surface area (Å²) in [5.41, 5.74) is 1.84. The van der Waals surface area contributed by atoms with Crippen molar-refractivity contribution in [3.8, 4) is 28.1 Å². The predicted octanol–water partition coefficient (Wildman–Crippen LogP) is 6.56. The first-order valence-electron chi connectivity index (χ1n) is 11.0. The topological polar surface area (TPSA) is 85.4 Å². The van der Waals surface area contributed by atoms with E-state index in [1.807, 2.05) is 12.1 Å². The number of hydrogen-bond donors (Lipinski definition) is 1. The lowest BCUT2D eigenvalue weighted by Gasteiger charge is -2.10. The van der Waals surface area contributed by atoms with Crippen LogP contribution in [0.5, 0.6) is 5.75 Å². The molecule has 3 aromatic carbocycles. The van der Waals surface area contributed by atoms with Crippen LogP contribution >= 0.6 is 11.3 Å². The normalized spacial score (nSPS) is 12.0. The highest BCUT2D eigenvalue weighted by Gasteiger charge is 2.30. The molecule has 1 N–H and O–H groups in total. The molecular formula is C27H21F3N2O4S2. The van der Waals surface area contributed by atoms with Gasteiger partial charge in [0.1, 0.15) is 5.75 Å². The second-order valence-corrected chi connectivity index (χ2v) is 11.0. The van der Waals surface area contributed by atoms with Crippen molar-refractivity contribution in [2.75, 3.05) is 18.7 Å². The molecule has 0 unspecified atom stereocenters. The molecule has 0 radical (unpaired) electrons. The summed E-state index contributed by atoms with van der Waals surface area (Å²) in [5, 5.41) is 4.81. The molecule has 1 aromatic heterocycles. The predicted molar refractivity (Wildman–Crippen MR) is 142 cm³/mol. The van der Waals surface area contributed by atoms with E-state index < -0.39 is 27.5 Å². The number of alkyl halides is 3. The summed E-state index contributed by atoms with van der Waals surface area (Å²) in [4.78, 5) is 16.8. The van der Waals surface area contributed by atoms with Gasteiger partial charge in [-0.25, -0.2) is 13.4 Å². The number of benzene rings is 3. The lowest BCUT2D eigenvalue weighted by atomic mass is 10.0. The van der Waals surface area contributed by atoms with Gasteiger partial charge in [0.2, 0.25) is 5.91 Å². The van der Waals surface area contributed by atoms with Gasteiger partial charge in [-0.3, -0.25) is 10.1 Å². The molecule has 6 nitrogen and oxygen atoms in total. The Bertz CT molecular complexity index is 1590. The molecule has 0 spiro atoms. The number of rotatable bonds is 7. The fourth-order valence-corrected chi connectivity index (χ4v) is 5.19. The SMILES string of the molecule is COc1ccc(-c2csc(NC(=O)C=Cc3ccc(-c4ccc(C(F)(F)F)cc4)cc3S(C)(=O)=O)n2)cc1. The molecule has 38 heavy (non-hydrogen) atoms. The molecule has 11 heteroatoms. The first kappa shape index (κ1) is 27.1. The average Bonchev–Trinajstić information content (AvgIpc) is 3.35. The minimum atomic E-state index is -4.47. The average molecular weight is 559 g/mol. The summed E-state index contributed by atoms with van der Waals surface area (Å²) in [6, 6.07) is 16.2. The van der Waals surface area contributed by atoms with E-state index in [-0.39, 0.29) is 10.5 Å². The molecule has 1 heterocycles. The van der Waals surface area contributed by atoms with Crippen LogP contribution in [0.15, 0.2) is 83.1 Å². The second kappa shape index (κ2) is 10.8. The summed E-state index contributed by atoms with van der Waals surface area (Å²) >= 11 is 1.24. The smallest absolute Gasteiger partial charge is 0.416 e. The zero-order chi connectivity index (χ0) is 27.5. The van der Waals surface area contributed by atoms with Gasteiger partial charge in [-0.15, -0.1) is 11.3 Å². The van der Waals surface area contributed by atoms with E-state index in [0.29, 0.717) is 27.7 Å². The number of carbonyl (C=O) groups excluding carboxylic acids is 1. The number of thiazole rings is 1. The first-order chi connectivity index (χ1) is 17.9. The van der Waals surface area contributed by atoms with Crippen LogP contribution < -0.4 is 10.1 Å². The van der Waals surface area contributed by atoms with Crippen molar-refractivity contribution >= 4 is 38.3 Å². The third-order valence-electron chi connectivity index (χ3n) is 5.49. The highest BCUT2D eigenvalue weighted by Crippen LogP contribution is 2.32. The van der Waals surface area contributed by atoms with Crippen LogP contribution in [0.2, 0.25) is 0 Å². The molecule has 196 valence electrons. The summed E-state index contributed by atoms with van der Waals surface area (Å²) in [7, 11) is -2.14. The van der Waals surface area contributed by atoms with Crippen molar-refractivity contribution in [1.82, 2.24) is 4.98 Å². The zero-order valence-corrected chi connectivity index (χ0v) is 21.7. The molecule has 0 atom stereocenters. The molecule has 0 saturated heterocycles. The first-order valence-corrected chi connectivity index (χ1v) is 13.8. The second-order valence-electron chi connectivity index (χ2n) is 8.19. The monoisotopic (exact) mass is 558 g/mol. The Morgan fingerprint density at radius 3 is 2.21 bits per heavy atom. The molecule has 0 fully saturated rings. The van der Waals surface area contributed by atoms with Gasteiger partial charge in [-0.1, -0.05) is 24.3 Å². The zero-order valence-electron chi connectivity index (χ0n) is 20.1.